The van der Waals surface area contributed by atoms with E-state index in [1.54, 1.807) is 49.7 Å². The Balaban J connectivity index is 1.88. The molecule has 1 amide bonds. The van der Waals surface area contributed by atoms with E-state index < -0.39 is 0 Å². The molecule has 0 saturated carbocycles. The summed E-state index contributed by atoms with van der Waals surface area (Å²) < 4.78 is 15.9. The Hall–Kier alpha value is -3.78. The van der Waals surface area contributed by atoms with Crippen molar-refractivity contribution < 1.29 is 19.0 Å². The summed E-state index contributed by atoms with van der Waals surface area (Å²) in [7, 11) is 4.58. The number of guanidine groups is 1. The fraction of sp³-hybridized carbons (Fsp3) is 0.174. The number of amides is 1. The summed E-state index contributed by atoms with van der Waals surface area (Å²) in [5.41, 5.74) is 1.66. The molecular weight excluding hydrogens is 432 g/mol. The quantitative estimate of drug-likeness (QED) is 0.411. The van der Waals surface area contributed by atoms with Crippen LogP contribution in [0.3, 0.4) is 0 Å². The van der Waals surface area contributed by atoms with E-state index in [0.29, 0.717) is 33.5 Å². The highest BCUT2D eigenvalue weighted by Crippen LogP contribution is 2.29. The zero-order chi connectivity index (χ0) is 22.9. The van der Waals surface area contributed by atoms with Crippen LogP contribution in [0.4, 0.5) is 5.69 Å². The molecule has 3 aromatic rings. The van der Waals surface area contributed by atoms with Gasteiger partial charge in [-0.1, -0.05) is 17.7 Å². The van der Waals surface area contributed by atoms with E-state index in [4.69, 9.17) is 25.8 Å². The number of hydrogen-bond donors (Lipinski definition) is 2. The zero-order valence-corrected chi connectivity index (χ0v) is 18.6. The number of anilines is 1. The van der Waals surface area contributed by atoms with E-state index in [9.17, 15) is 4.79 Å². The second-order valence-electron chi connectivity index (χ2n) is 6.48. The minimum atomic E-state index is -0.390. The summed E-state index contributed by atoms with van der Waals surface area (Å²) in [6.07, 6.45) is 1.68. The van der Waals surface area contributed by atoms with Gasteiger partial charge < -0.3 is 19.5 Å². The van der Waals surface area contributed by atoms with Gasteiger partial charge in [0.05, 0.1) is 39.3 Å². The Morgan fingerprint density at radius 1 is 0.969 bits per heavy atom. The van der Waals surface area contributed by atoms with Crippen LogP contribution in [0.15, 0.2) is 65.8 Å². The van der Waals surface area contributed by atoms with Gasteiger partial charge in [-0.2, -0.15) is 0 Å². The Morgan fingerprint density at radius 3 is 2.41 bits per heavy atom. The standard InChI is InChI=1S/C23H23ClN4O4/c1-30-19-10-8-16(24)13-18(19)27-23(26-14-17-6-4-5-11-25-17)28-22(29)15-7-9-20(31-2)21(12-15)32-3/h4-13H,14H2,1-3H3,(H2,26,27,28,29). The number of ether oxygens (including phenoxy) is 3. The fourth-order valence-corrected chi connectivity index (χ4v) is 3.00. The summed E-state index contributed by atoms with van der Waals surface area (Å²) in [5, 5.41) is 6.38. The van der Waals surface area contributed by atoms with Gasteiger partial charge in [0.2, 0.25) is 5.96 Å². The number of carbonyl (C=O) groups is 1. The first-order valence-electron chi connectivity index (χ1n) is 9.62. The van der Waals surface area contributed by atoms with Crippen molar-refractivity contribution >= 4 is 29.2 Å². The Bertz CT molecular complexity index is 1110. The third kappa shape index (κ3) is 5.89. The van der Waals surface area contributed by atoms with Crippen LogP contribution >= 0.6 is 11.6 Å². The van der Waals surface area contributed by atoms with Crippen LogP contribution in [0.2, 0.25) is 5.02 Å². The predicted octanol–water partition coefficient (Wildman–Crippen LogP) is 4.16. The van der Waals surface area contributed by atoms with Crippen LogP contribution in [0.25, 0.3) is 0 Å². The average Bonchev–Trinajstić information content (AvgIpc) is 2.82. The smallest absolute Gasteiger partial charge is 0.258 e. The van der Waals surface area contributed by atoms with Crippen LogP contribution < -0.4 is 24.8 Å². The molecule has 0 aliphatic carbocycles. The summed E-state index contributed by atoms with van der Waals surface area (Å²) in [6.45, 7) is 0.248. The number of pyridine rings is 1. The third-order valence-corrected chi connectivity index (χ3v) is 4.65. The fourth-order valence-electron chi connectivity index (χ4n) is 2.82. The van der Waals surface area contributed by atoms with Crippen molar-refractivity contribution in [3.8, 4) is 17.2 Å². The van der Waals surface area contributed by atoms with Crippen LogP contribution in [-0.2, 0) is 6.54 Å². The number of nitrogens with zero attached hydrogens (tertiary/aromatic N) is 2. The van der Waals surface area contributed by atoms with Crippen molar-refractivity contribution in [2.45, 2.75) is 6.54 Å². The summed E-state index contributed by atoms with van der Waals surface area (Å²) in [6, 6.07) is 15.5. The van der Waals surface area contributed by atoms with Gasteiger partial charge in [0.15, 0.2) is 11.5 Å². The first kappa shape index (κ1) is 22.9. The van der Waals surface area contributed by atoms with Gasteiger partial charge in [-0.3, -0.25) is 15.1 Å². The van der Waals surface area contributed by atoms with Crippen molar-refractivity contribution in [1.29, 1.82) is 0 Å². The van der Waals surface area contributed by atoms with Gasteiger partial charge in [-0.05, 0) is 48.5 Å². The molecule has 0 fully saturated rings. The van der Waals surface area contributed by atoms with Crippen molar-refractivity contribution in [2.24, 2.45) is 4.99 Å². The van der Waals surface area contributed by atoms with Gasteiger partial charge in [-0.15, -0.1) is 0 Å². The van der Waals surface area contributed by atoms with Crippen LogP contribution in [0.5, 0.6) is 17.2 Å². The molecule has 3 rings (SSSR count). The van der Waals surface area contributed by atoms with E-state index in [-0.39, 0.29) is 18.4 Å². The number of aliphatic imine (C=N–C) groups is 1. The van der Waals surface area contributed by atoms with Crippen LogP contribution in [0.1, 0.15) is 16.1 Å². The van der Waals surface area contributed by atoms with Crippen LogP contribution in [-0.4, -0.2) is 38.2 Å². The molecule has 1 aromatic heterocycles. The minimum Gasteiger partial charge on any atom is -0.495 e. The lowest BCUT2D eigenvalue weighted by Crippen LogP contribution is -2.36. The SMILES string of the molecule is COc1ccc(Cl)cc1NC(=NCc1ccccn1)NC(=O)c1ccc(OC)c(OC)c1. The largest absolute Gasteiger partial charge is 0.495 e. The van der Waals surface area contributed by atoms with Gasteiger partial charge in [0, 0.05) is 16.8 Å². The number of aromatic nitrogens is 1. The van der Waals surface area contributed by atoms with E-state index in [1.165, 1.54) is 14.2 Å². The number of benzene rings is 2. The van der Waals surface area contributed by atoms with Crippen LogP contribution in [0, 0.1) is 0 Å². The first-order valence-corrected chi connectivity index (χ1v) is 10.00. The maximum atomic E-state index is 12.9. The number of carbonyl (C=O) groups excluding carboxylic acids is 1. The monoisotopic (exact) mass is 454 g/mol. The molecule has 0 aliphatic rings. The highest BCUT2D eigenvalue weighted by Gasteiger charge is 2.14. The third-order valence-electron chi connectivity index (χ3n) is 4.42. The molecule has 9 heteroatoms. The normalized spacial score (nSPS) is 10.9. The Labute approximate surface area is 191 Å². The van der Waals surface area contributed by atoms with Crippen molar-refractivity contribution in [1.82, 2.24) is 10.3 Å². The molecule has 2 N–H and O–H groups in total. The highest BCUT2D eigenvalue weighted by molar-refractivity contribution is 6.31. The maximum Gasteiger partial charge on any atom is 0.258 e. The van der Waals surface area contributed by atoms with Crippen molar-refractivity contribution in [3.05, 3.63) is 77.1 Å². The number of hydrogen-bond acceptors (Lipinski definition) is 6. The predicted molar refractivity (Wildman–Crippen MR) is 124 cm³/mol. The molecule has 0 atom stereocenters. The second kappa shape index (κ2) is 11.0. The maximum absolute atomic E-state index is 12.9. The summed E-state index contributed by atoms with van der Waals surface area (Å²) in [4.78, 5) is 21.7. The van der Waals surface area contributed by atoms with Crippen molar-refractivity contribution in [3.63, 3.8) is 0 Å². The molecular formula is C23H23ClN4O4. The minimum absolute atomic E-state index is 0.205. The second-order valence-corrected chi connectivity index (χ2v) is 6.92. The van der Waals surface area contributed by atoms with E-state index in [0.717, 1.165) is 5.69 Å². The number of methoxy groups -OCH3 is 3. The van der Waals surface area contributed by atoms with Gasteiger partial charge in [0.25, 0.3) is 5.91 Å². The molecule has 0 radical (unpaired) electrons. The van der Waals surface area contributed by atoms with E-state index >= 15 is 0 Å². The summed E-state index contributed by atoms with van der Waals surface area (Å²) in [5.74, 6) is 1.32. The molecule has 0 unspecified atom stereocenters. The van der Waals surface area contributed by atoms with Gasteiger partial charge in [0.1, 0.15) is 5.75 Å². The topological polar surface area (TPSA) is 94.1 Å². The van der Waals surface area contributed by atoms with Crippen molar-refractivity contribution in [2.75, 3.05) is 26.6 Å². The number of nitrogens with one attached hydrogen (secondary N) is 2. The lowest BCUT2D eigenvalue weighted by molar-refractivity contribution is 0.0976. The molecule has 1 heterocycles. The summed E-state index contributed by atoms with van der Waals surface area (Å²) >= 11 is 6.14. The molecule has 0 bridgehead atoms. The average molecular weight is 455 g/mol. The zero-order valence-electron chi connectivity index (χ0n) is 17.9. The van der Waals surface area contributed by atoms with E-state index in [2.05, 4.69) is 20.6 Å². The first-order chi connectivity index (χ1) is 15.5. The Morgan fingerprint density at radius 2 is 1.72 bits per heavy atom. The van der Waals surface area contributed by atoms with Gasteiger partial charge >= 0.3 is 0 Å². The highest BCUT2D eigenvalue weighted by atomic mass is 35.5. The molecule has 0 saturated heterocycles. The van der Waals surface area contributed by atoms with Gasteiger partial charge in [-0.25, -0.2) is 4.99 Å². The Kier molecular flexibility index (Phi) is 7.88. The molecule has 2 aromatic carbocycles. The molecule has 32 heavy (non-hydrogen) atoms. The molecule has 0 aliphatic heterocycles. The molecule has 8 nitrogen and oxygen atoms in total. The lowest BCUT2D eigenvalue weighted by atomic mass is 10.2. The van der Waals surface area contributed by atoms with E-state index in [1.807, 2.05) is 18.2 Å². The number of halogens is 1. The number of rotatable bonds is 7. The molecule has 0 spiro atoms. The lowest BCUT2D eigenvalue weighted by Gasteiger charge is -2.15. The molecule has 166 valence electrons.